The number of furan rings is 1. The normalized spacial score (nSPS) is 10.8. The molecule has 3 aromatic rings. The van der Waals surface area contributed by atoms with Crippen LogP contribution in [0.25, 0.3) is 6.08 Å². The molecule has 0 spiro atoms. The van der Waals surface area contributed by atoms with Gasteiger partial charge in [0, 0.05) is 29.9 Å². The van der Waals surface area contributed by atoms with Gasteiger partial charge in [-0.25, -0.2) is 0 Å². The first-order chi connectivity index (χ1) is 14.9. The van der Waals surface area contributed by atoms with E-state index in [1.54, 1.807) is 60.7 Å². The van der Waals surface area contributed by atoms with Crippen molar-refractivity contribution in [2.24, 2.45) is 0 Å². The van der Waals surface area contributed by atoms with E-state index >= 15 is 0 Å². The van der Waals surface area contributed by atoms with Gasteiger partial charge < -0.3 is 25.1 Å². The number of hydrogen-bond acceptors (Lipinski definition) is 5. The van der Waals surface area contributed by atoms with Gasteiger partial charge in [0.2, 0.25) is 5.91 Å². The maximum atomic E-state index is 12.9. The Kier molecular flexibility index (Phi) is 6.85. The molecular formula is C23H21N3O5. The van der Waals surface area contributed by atoms with Crippen molar-refractivity contribution < 1.29 is 23.5 Å². The summed E-state index contributed by atoms with van der Waals surface area (Å²) < 4.78 is 10.4. The summed E-state index contributed by atoms with van der Waals surface area (Å²) in [4.78, 5) is 36.8. The summed E-state index contributed by atoms with van der Waals surface area (Å²) in [5, 5.41) is 7.97. The van der Waals surface area contributed by atoms with Gasteiger partial charge >= 0.3 is 0 Å². The van der Waals surface area contributed by atoms with Gasteiger partial charge in [-0.15, -0.1) is 0 Å². The third kappa shape index (κ3) is 6.07. The van der Waals surface area contributed by atoms with E-state index in [0.717, 1.165) is 0 Å². The lowest BCUT2D eigenvalue weighted by Crippen LogP contribution is -2.30. The predicted octanol–water partition coefficient (Wildman–Crippen LogP) is 3.66. The molecule has 0 saturated carbocycles. The zero-order valence-corrected chi connectivity index (χ0v) is 17.0. The number of rotatable bonds is 7. The molecule has 8 nitrogen and oxygen atoms in total. The Morgan fingerprint density at radius 2 is 1.65 bits per heavy atom. The van der Waals surface area contributed by atoms with E-state index < -0.39 is 11.8 Å². The molecule has 2 aromatic carbocycles. The van der Waals surface area contributed by atoms with Crippen molar-refractivity contribution in [3.63, 3.8) is 0 Å². The average Bonchev–Trinajstić information content (AvgIpc) is 3.26. The maximum absolute atomic E-state index is 12.9. The minimum Gasteiger partial charge on any atom is -0.497 e. The first-order valence-electron chi connectivity index (χ1n) is 9.34. The Balaban J connectivity index is 1.81. The van der Waals surface area contributed by atoms with Gasteiger partial charge in [0.05, 0.1) is 13.4 Å². The van der Waals surface area contributed by atoms with Crippen LogP contribution in [0.4, 0.5) is 11.4 Å². The van der Waals surface area contributed by atoms with Crippen LogP contribution in [0.5, 0.6) is 5.75 Å². The summed E-state index contributed by atoms with van der Waals surface area (Å²) >= 11 is 0. The number of carbonyl (C=O) groups excluding carboxylic acids is 3. The van der Waals surface area contributed by atoms with Crippen molar-refractivity contribution in [1.82, 2.24) is 5.32 Å². The summed E-state index contributed by atoms with van der Waals surface area (Å²) in [7, 11) is 1.53. The number of anilines is 2. The highest BCUT2D eigenvalue weighted by Gasteiger charge is 2.16. The maximum Gasteiger partial charge on any atom is 0.272 e. The zero-order valence-electron chi connectivity index (χ0n) is 17.0. The van der Waals surface area contributed by atoms with E-state index in [9.17, 15) is 14.4 Å². The highest BCUT2D eigenvalue weighted by atomic mass is 16.5. The van der Waals surface area contributed by atoms with Crippen molar-refractivity contribution in [2.75, 3.05) is 17.7 Å². The highest BCUT2D eigenvalue weighted by Crippen LogP contribution is 2.17. The summed E-state index contributed by atoms with van der Waals surface area (Å²) in [6.07, 6.45) is 2.89. The molecule has 158 valence electrons. The van der Waals surface area contributed by atoms with Crippen LogP contribution in [0.15, 0.2) is 77.0 Å². The fraction of sp³-hybridized carbons (Fsp3) is 0.0870. The van der Waals surface area contributed by atoms with Crippen LogP contribution in [0, 0.1) is 0 Å². The number of nitrogens with one attached hydrogen (secondary N) is 3. The topological polar surface area (TPSA) is 110 Å². The van der Waals surface area contributed by atoms with Crippen molar-refractivity contribution in [3.8, 4) is 5.75 Å². The SMILES string of the molecule is COc1ccc(C(=O)N/C(=C\c2ccco2)C(=O)Nc2cccc(NC(C)=O)c2)cc1. The Hall–Kier alpha value is -4.33. The summed E-state index contributed by atoms with van der Waals surface area (Å²) in [5.41, 5.74) is 1.32. The molecule has 3 amide bonds. The summed E-state index contributed by atoms with van der Waals surface area (Å²) in [6.45, 7) is 1.39. The van der Waals surface area contributed by atoms with Gasteiger partial charge in [-0.3, -0.25) is 14.4 Å². The van der Waals surface area contributed by atoms with E-state index in [0.29, 0.717) is 28.4 Å². The summed E-state index contributed by atoms with van der Waals surface area (Å²) in [6, 6.07) is 16.5. The number of amides is 3. The minimum atomic E-state index is -0.557. The van der Waals surface area contributed by atoms with Gasteiger partial charge in [0.25, 0.3) is 11.8 Å². The molecule has 0 saturated heterocycles. The standard InChI is InChI=1S/C23H21N3O5/c1-15(27)24-17-5-3-6-18(13-17)25-23(29)21(14-20-7-4-12-31-20)26-22(28)16-8-10-19(30-2)11-9-16/h3-14H,1-2H3,(H,24,27)(H,25,29)(H,26,28)/b21-14-. The Labute approximate surface area is 178 Å². The second-order valence-electron chi connectivity index (χ2n) is 6.47. The number of benzene rings is 2. The molecular weight excluding hydrogens is 398 g/mol. The van der Waals surface area contributed by atoms with Crippen LogP contribution in [0.1, 0.15) is 23.0 Å². The molecule has 0 aliphatic rings. The number of hydrogen-bond donors (Lipinski definition) is 3. The first-order valence-corrected chi connectivity index (χ1v) is 9.34. The van der Waals surface area contributed by atoms with Crippen molar-refractivity contribution in [3.05, 3.63) is 83.9 Å². The molecule has 8 heteroatoms. The third-order valence-electron chi connectivity index (χ3n) is 4.12. The molecule has 0 fully saturated rings. The molecule has 0 aliphatic carbocycles. The van der Waals surface area contributed by atoms with Crippen molar-refractivity contribution >= 4 is 35.2 Å². The van der Waals surface area contributed by atoms with E-state index in [2.05, 4.69) is 16.0 Å². The molecule has 0 unspecified atom stereocenters. The van der Waals surface area contributed by atoms with E-state index in [-0.39, 0.29) is 11.6 Å². The molecule has 31 heavy (non-hydrogen) atoms. The van der Waals surface area contributed by atoms with E-state index in [1.165, 1.54) is 26.4 Å². The van der Waals surface area contributed by atoms with Crippen LogP contribution in [0.3, 0.4) is 0 Å². The van der Waals surface area contributed by atoms with Crippen LogP contribution in [-0.2, 0) is 9.59 Å². The Morgan fingerprint density at radius 3 is 2.26 bits per heavy atom. The van der Waals surface area contributed by atoms with Gasteiger partial charge in [0.1, 0.15) is 17.2 Å². The van der Waals surface area contributed by atoms with Crippen LogP contribution < -0.4 is 20.7 Å². The van der Waals surface area contributed by atoms with Crippen LogP contribution in [-0.4, -0.2) is 24.8 Å². The highest BCUT2D eigenvalue weighted by molar-refractivity contribution is 6.10. The molecule has 0 radical (unpaired) electrons. The number of methoxy groups -OCH3 is 1. The molecule has 0 aliphatic heterocycles. The monoisotopic (exact) mass is 419 g/mol. The molecule has 0 atom stereocenters. The minimum absolute atomic E-state index is 0.0132. The van der Waals surface area contributed by atoms with Crippen molar-refractivity contribution in [2.45, 2.75) is 6.92 Å². The second kappa shape index (κ2) is 9.93. The van der Waals surface area contributed by atoms with E-state index in [1.807, 2.05) is 0 Å². The average molecular weight is 419 g/mol. The van der Waals surface area contributed by atoms with Crippen LogP contribution in [0.2, 0.25) is 0 Å². The third-order valence-corrected chi connectivity index (χ3v) is 4.12. The largest absolute Gasteiger partial charge is 0.497 e. The number of ether oxygens (including phenoxy) is 1. The van der Waals surface area contributed by atoms with Gasteiger partial charge in [-0.05, 0) is 54.6 Å². The lowest BCUT2D eigenvalue weighted by Gasteiger charge is -2.12. The Bertz CT molecular complexity index is 1100. The van der Waals surface area contributed by atoms with Gasteiger partial charge in [-0.2, -0.15) is 0 Å². The second-order valence-corrected chi connectivity index (χ2v) is 6.47. The predicted molar refractivity (Wildman–Crippen MR) is 117 cm³/mol. The Morgan fingerprint density at radius 1 is 0.935 bits per heavy atom. The quantitative estimate of drug-likeness (QED) is 0.507. The number of carbonyl (C=O) groups is 3. The summed E-state index contributed by atoms with van der Waals surface area (Å²) in [5.74, 6) is -0.249. The fourth-order valence-electron chi connectivity index (χ4n) is 2.69. The molecule has 1 aromatic heterocycles. The smallest absolute Gasteiger partial charge is 0.272 e. The molecule has 1 heterocycles. The fourth-order valence-corrected chi connectivity index (χ4v) is 2.69. The van der Waals surface area contributed by atoms with Gasteiger partial charge in [0.15, 0.2) is 0 Å². The lowest BCUT2D eigenvalue weighted by atomic mass is 10.2. The zero-order chi connectivity index (χ0) is 22.2. The molecule has 0 bridgehead atoms. The van der Waals surface area contributed by atoms with Gasteiger partial charge in [-0.1, -0.05) is 6.07 Å². The van der Waals surface area contributed by atoms with Crippen molar-refractivity contribution in [1.29, 1.82) is 0 Å². The van der Waals surface area contributed by atoms with Crippen LogP contribution >= 0.6 is 0 Å². The molecule has 3 rings (SSSR count). The van der Waals surface area contributed by atoms with E-state index in [4.69, 9.17) is 9.15 Å². The molecule has 3 N–H and O–H groups in total. The first kappa shape index (κ1) is 21.4. The lowest BCUT2D eigenvalue weighted by molar-refractivity contribution is -0.114.